The van der Waals surface area contributed by atoms with Crippen molar-refractivity contribution in [3.05, 3.63) is 40.5 Å². The van der Waals surface area contributed by atoms with Gasteiger partial charge in [-0.3, -0.25) is 0 Å². The number of hydrogen-bond acceptors (Lipinski definition) is 1. The second-order valence-electron chi connectivity index (χ2n) is 3.80. The molecule has 1 atom stereocenters. The normalized spacial score (nSPS) is 20.8. The van der Waals surface area contributed by atoms with Crippen LogP contribution < -0.4 is 0 Å². The molecule has 1 aromatic carbocycles. The molecule has 1 unspecified atom stereocenters. The number of rotatable bonds is 0. The first-order valence-electron chi connectivity index (χ1n) is 4.57. The summed E-state index contributed by atoms with van der Waals surface area (Å²) in [5, 5.41) is 9.85. The number of aliphatic hydroxyl groups is 1. The van der Waals surface area contributed by atoms with Crippen LogP contribution >= 0.6 is 0 Å². The molecule has 1 nitrogen and oxygen atoms in total. The Morgan fingerprint density at radius 3 is 2.54 bits per heavy atom. The van der Waals surface area contributed by atoms with E-state index in [9.17, 15) is 5.11 Å². The number of hydrogen-bond donors (Lipinski definition) is 1. The van der Waals surface area contributed by atoms with Crippen LogP contribution in [0.3, 0.4) is 0 Å². The highest BCUT2D eigenvalue weighted by Gasteiger charge is 2.23. The minimum atomic E-state index is -0.379. The maximum atomic E-state index is 9.85. The fraction of sp³-hybridized carbons (Fsp3) is 0.333. The molecule has 0 saturated carbocycles. The third-order valence-electron chi connectivity index (χ3n) is 2.91. The Morgan fingerprint density at radius 2 is 1.85 bits per heavy atom. The van der Waals surface area contributed by atoms with Crippen molar-refractivity contribution < 1.29 is 5.11 Å². The van der Waals surface area contributed by atoms with Gasteiger partial charge in [-0.1, -0.05) is 23.8 Å². The third kappa shape index (κ3) is 1.11. The van der Waals surface area contributed by atoms with E-state index in [0.717, 1.165) is 11.1 Å². The molecule has 13 heavy (non-hydrogen) atoms. The molecule has 1 aliphatic carbocycles. The Bertz CT molecular complexity index is 388. The average molecular weight is 174 g/mol. The molecule has 0 bridgehead atoms. The van der Waals surface area contributed by atoms with E-state index in [1.165, 1.54) is 16.7 Å². The average Bonchev–Trinajstić information content (AvgIpc) is 2.32. The van der Waals surface area contributed by atoms with Gasteiger partial charge in [-0.05, 0) is 43.0 Å². The molecule has 1 aromatic rings. The highest BCUT2D eigenvalue weighted by atomic mass is 16.3. The number of allylic oxidation sites excluding steroid dienone is 1. The van der Waals surface area contributed by atoms with Gasteiger partial charge >= 0.3 is 0 Å². The van der Waals surface area contributed by atoms with Crippen molar-refractivity contribution in [1.82, 2.24) is 0 Å². The fourth-order valence-corrected chi connectivity index (χ4v) is 1.88. The smallest absolute Gasteiger partial charge is 0.101 e. The minimum absolute atomic E-state index is 0.379. The summed E-state index contributed by atoms with van der Waals surface area (Å²) in [6.45, 7) is 6.15. The Kier molecular flexibility index (Phi) is 1.77. The molecule has 68 valence electrons. The zero-order chi connectivity index (χ0) is 9.59. The van der Waals surface area contributed by atoms with Crippen molar-refractivity contribution >= 4 is 5.57 Å². The fourth-order valence-electron chi connectivity index (χ4n) is 1.88. The van der Waals surface area contributed by atoms with Crippen molar-refractivity contribution in [3.8, 4) is 0 Å². The second-order valence-corrected chi connectivity index (χ2v) is 3.80. The van der Waals surface area contributed by atoms with Crippen LogP contribution in [0.5, 0.6) is 0 Å². The van der Waals surface area contributed by atoms with Gasteiger partial charge in [0.05, 0.1) is 0 Å². The lowest BCUT2D eigenvalue weighted by Crippen LogP contribution is -1.93. The van der Waals surface area contributed by atoms with E-state index in [1.54, 1.807) is 0 Å². The largest absolute Gasteiger partial charge is 0.384 e. The van der Waals surface area contributed by atoms with Crippen LogP contribution in [0.1, 0.15) is 36.6 Å². The minimum Gasteiger partial charge on any atom is -0.384 e. The molecule has 1 heteroatoms. The molecule has 0 spiro atoms. The van der Waals surface area contributed by atoms with E-state index < -0.39 is 0 Å². The summed E-state index contributed by atoms with van der Waals surface area (Å²) in [7, 11) is 0. The lowest BCUT2D eigenvalue weighted by atomic mass is 10.0. The zero-order valence-corrected chi connectivity index (χ0v) is 8.26. The number of aryl methyl sites for hydroxylation is 1. The molecule has 0 saturated heterocycles. The van der Waals surface area contributed by atoms with E-state index >= 15 is 0 Å². The van der Waals surface area contributed by atoms with Crippen molar-refractivity contribution in [3.63, 3.8) is 0 Å². The van der Waals surface area contributed by atoms with Crippen LogP contribution in [-0.4, -0.2) is 5.11 Å². The predicted molar refractivity (Wildman–Crippen MR) is 54.4 cm³/mol. The van der Waals surface area contributed by atoms with Gasteiger partial charge < -0.3 is 5.11 Å². The monoisotopic (exact) mass is 174 g/mol. The molecule has 1 aliphatic rings. The molecule has 0 aromatic heterocycles. The van der Waals surface area contributed by atoms with Gasteiger partial charge in [0.15, 0.2) is 0 Å². The lowest BCUT2D eigenvalue weighted by Gasteiger charge is -2.06. The van der Waals surface area contributed by atoms with Crippen LogP contribution in [-0.2, 0) is 0 Å². The summed E-state index contributed by atoms with van der Waals surface area (Å²) in [5.74, 6) is 0. The SMILES string of the molecule is CC1=C(C)C(O)c2ccc(C)cc21. The van der Waals surface area contributed by atoms with Crippen molar-refractivity contribution in [2.75, 3.05) is 0 Å². The Hall–Kier alpha value is -1.08. The maximum Gasteiger partial charge on any atom is 0.101 e. The second kappa shape index (κ2) is 2.71. The van der Waals surface area contributed by atoms with Crippen LogP contribution in [0.15, 0.2) is 23.8 Å². The number of benzene rings is 1. The number of fused-ring (bicyclic) bond motifs is 1. The van der Waals surface area contributed by atoms with Crippen LogP contribution in [0, 0.1) is 6.92 Å². The van der Waals surface area contributed by atoms with Crippen LogP contribution in [0.4, 0.5) is 0 Å². The van der Waals surface area contributed by atoms with Gasteiger partial charge in [-0.15, -0.1) is 0 Å². The summed E-state index contributed by atoms with van der Waals surface area (Å²) in [5.41, 5.74) is 5.83. The topological polar surface area (TPSA) is 20.2 Å². The molecule has 0 heterocycles. The Balaban J connectivity index is 2.65. The first-order chi connectivity index (χ1) is 6.11. The van der Waals surface area contributed by atoms with E-state index in [-0.39, 0.29) is 6.10 Å². The van der Waals surface area contributed by atoms with Gasteiger partial charge in [-0.25, -0.2) is 0 Å². The Morgan fingerprint density at radius 1 is 1.15 bits per heavy atom. The summed E-state index contributed by atoms with van der Waals surface area (Å²) in [6.07, 6.45) is -0.379. The molecule has 0 fully saturated rings. The van der Waals surface area contributed by atoms with E-state index in [4.69, 9.17) is 0 Å². The molecule has 0 amide bonds. The summed E-state index contributed by atoms with van der Waals surface area (Å²) < 4.78 is 0. The molecular formula is C12H14O. The van der Waals surface area contributed by atoms with E-state index in [1.807, 2.05) is 19.1 Å². The predicted octanol–water partition coefficient (Wildman–Crippen LogP) is 2.84. The first-order valence-corrected chi connectivity index (χ1v) is 4.57. The zero-order valence-electron chi connectivity index (χ0n) is 8.26. The molecule has 2 rings (SSSR count). The highest BCUT2D eigenvalue weighted by molar-refractivity contribution is 5.76. The molecule has 0 radical (unpaired) electrons. The van der Waals surface area contributed by atoms with Gasteiger partial charge in [0.25, 0.3) is 0 Å². The molecule has 0 aliphatic heterocycles. The van der Waals surface area contributed by atoms with Crippen molar-refractivity contribution in [1.29, 1.82) is 0 Å². The molecule has 1 N–H and O–H groups in total. The standard InChI is InChI=1S/C12H14O/c1-7-4-5-10-11(6-7)8(2)9(3)12(10)13/h4-6,12-13H,1-3H3. The lowest BCUT2D eigenvalue weighted by molar-refractivity contribution is 0.219. The number of aliphatic hydroxyl groups excluding tert-OH is 1. The van der Waals surface area contributed by atoms with Gasteiger partial charge in [-0.2, -0.15) is 0 Å². The van der Waals surface area contributed by atoms with E-state index in [2.05, 4.69) is 19.9 Å². The summed E-state index contributed by atoms with van der Waals surface area (Å²) >= 11 is 0. The summed E-state index contributed by atoms with van der Waals surface area (Å²) in [4.78, 5) is 0. The van der Waals surface area contributed by atoms with Gasteiger partial charge in [0, 0.05) is 0 Å². The van der Waals surface area contributed by atoms with Crippen LogP contribution in [0.2, 0.25) is 0 Å². The quantitative estimate of drug-likeness (QED) is 0.641. The first kappa shape index (κ1) is 8.52. The molecular weight excluding hydrogens is 160 g/mol. The third-order valence-corrected chi connectivity index (χ3v) is 2.91. The van der Waals surface area contributed by atoms with Gasteiger partial charge in [0.1, 0.15) is 6.10 Å². The maximum absolute atomic E-state index is 9.85. The Labute approximate surface area is 78.7 Å². The van der Waals surface area contributed by atoms with E-state index in [0.29, 0.717) is 0 Å². The van der Waals surface area contributed by atoms with Crippen molar-refractivity contribution in [2.24, 2.45) is 0 Å². The van der Waals surface area contributed by atoms with Crippen LogP contribution in [0.25, 0.3) is 5.57 Å². The van der Waals surface area contributed by atoms with Crippen molar-refractivity contribution in [2.45, 2.75) is 26.9 Å². The summed E-state index contributed by atoms with van der Waals surface area (Å²) in [6, 6.07) is 6.22. The highest BCUT2D eigenvalue weighted by Crippen LogP contribution is 2.39. The van der Waals surface area contributed by atoms with Gasteiger partial charge in [0.2, 0.25) is 0 Å².